The molecule has 0 unspecified atom stereocenters. The molecule has 0 bridgehead atoms. The normalized spacial score (nSPS) is 11.1. The Morgan fingerprint density at radius 1 is 1.32 bits per heavy atom. The topological polar surface area (TPSA) is 70.6 Å². The quantitative estimate of drug-likeness (QED) is 0.657. The second-order valence-corrected chi connectivity index (χ2v) is 4.64. The molecule has 102 valence electrons. The Kier molecular flexibility index (Phi) is 5.51. The van der Waals surface area contributed by atoms with E-state index in [1.54, 1.807) is 25.1 Å². The van der Waals surface area contributed by atoms with Crippen molar-refractivity contribution < 1.29 is 9.59 Å². The molecule has 0 radical (unpaired) electrons. The maximum atomic E-state index is 11.8. The predicted octanol–water partition coefficient (Wildman–Crippen LogP) is 2.49. The van der Waals surface area contributed by atoms with Crippen molar-refractivity contribution in [2.45, 2.75) is 27.2 Å². The molecule has 1 rings (SSSR count). The average Bonchev–Trinajstić information content (AvgIpc) is 2.30. The SMILES string of the molecule is CC(=O)NN=C(C)CC(=O)Nc1ccc(Cl)cc1C. The summed E-state index contributed by atoms with van der Waals surface area (Å²) in [6, 6.07) is 5.23. The van der Waals surface area contributed by atoms with Gasteiger partial charge in [-0.3, -0.25) is 9.59 Å². The van der Waals surface area contributed by atoms with E-state index in [0.29, 0.717) is 16.4 Å². The van der Waals surface area contributed by atoms with Gasteiger partial charge in [0.15, 0.2) is 0 Å². The van der Waals surface area contributed by atoms with E-state index in [2.05, 4.69) is 15.8 Å². The number of amides is 2. The zero-order valence-corrected chi connectivity index (χ0v) is 11.8. The molecule has 19 heavy (non-hydrogen) atoms. The van der Waals surface area contributed by atoms with E-state index in [1.165, 1.54) is 6.92 Å². The highest BCUT2D eigenvalue weighted by atomic mass is 35.5. The fraction of sp³-hybridized carbons (Fsp3) is 0.308. The minimum absolute atomic E-state index is 0.113. The highest BCUT2D eigenvalue weighted by molar-refractivity contribution is 6.30. The zero-order chi connectivity index (χ0) is 14.4. The van der Waals surface area contributed by atoms with Crippen molar-refractivity contribution in [3.05, 3.63) is 28.8 Å². The molecule has 0 aliphatic heterocycles. The summed E-state index contributed by atoms with van der Waals surface area (Å²) in [7, 11) is 0. The Labute approximate surface area is 117 Å². The number of carbonyl (C=O) groups excluding carboxylic acids is 2. The number of rotatable bonds is 4. The number of anilines is 1. The van der Waals surface area contributed by atoms with Crippen LogP contribution in [0.15, 0.2) is 23.3 Å². The molecule has 0 heterocycles. The first kappa shape index (κ1) is 15.2. The van der Waals surface area contributed by atoms with E-state index < -0.39 is 0 Å². The van der Waals surface area contributed by atoms with Gasteiger partial charge in [0.2, 0.25) is 11.8 Å². The predicted molar refractivity (Wildman–Crippen MR) is 76.4 cm³/mol. The molecule has 0 atom stereocenters. The molecule has 6 heteroatoms. The molecular formula is C13H16ClN3O2. The molecule has 0 aliphatic carbocycles. The van der Waals surface area contributed by atoms with Gasteiger partial charge in [0, 0.05) is 23.3 Å². The molecule has 1 aromatic rings. The molecule has 0 aromatic heterocycles. The van der Waals surface area contributed by atoms with Gasteiger partial charge in [0.05, 0.1) is 6.42 Å². The van der Waals surface area contributed by atoms with Gasteiger partial charge >= 0.3 is 0 Å². The lowest BCUT2D eigenvalue weighted by Gasteiger charge is -2.08. The molecule has 0 spiro atoms. The fourth-order valence-electron chi connectivity index (χ4n) is 1.41. The number of nitrogens with zero attached hydrogens (tertiary/aromatic N) is 1. The first-order valence-electron chi connectivity index (χ1n) is 5.74. The maximum absolute atomic E-state index is 11.8. The third-order valence-corrected chi connectivity index (χ3v) is 2.52. The van der Waals surface area contributed by atoms with Crippen molar-refractivity contribution >= 4 is 34.8 Å². The van der Waals surface area contributed by atoms with E-state index in [0.717, 1.165) is 5.56 Å². The molecule has 0 fully saturated rings. The van der Waals surface area contributed by atoms with Crippen molar-refractivity contribution in [3.8, 4) is 0 Å². The standard InChI is InChI=1S/C13H16ClN3O2/c1-8-6-11(14)4-5-12(8)15-13(19)7-9(2)16-17-10(3)18/h4-6H,7H2,1-3H3,(H,15,19)(H,17,18). The van der Waals surface area contributed by atoms with Crippen LogP contribution in [0.2, 0.25) is 5.02 Å². The molecule has 0 saturated carbocycles. The number of hydrazone groups is 1. The zero-order valence-electron chi connectivity index (χ0n) is 11.1. The second kappa shape index (κ2) is 6.89. The van der Waals surface area contributed by atoms with Crippen LogP contribution in [-0.2, 0) is 9.59 Å². The minimum atomic E-state index is -0.270. The van der Waals surface area contributed by atoms with Crippen molar-refractivity contribution in [2.75, 3.05) is 5.32 Å². The number of nitrogens with one attached hydrogen (secondary N) is 2. The molecule has 5 nitrogen and oxygen atoms in total. The maximum Gasteiger partial charge on any atom is 0.236 e. The summed E-state index contributed by atoms with van der Waals surface area (Å²) in [5, 5.41) is 7.17. The third-order valence-electron chi connectivity index (χ3n) is 2.28. The first-order valence-corrected chi connectivity index (χ1v) is 6.12. The summed E-state index contributed by atoms with van der Waals surface area (Å²) < 4.78 is 0. The van der Waals surface area contributed by atoms with Crippen LogP contribution in [0.25, 0.3) is 0 Å². The Hall–Kier alpha value is -1.88. The number of hydrogen-bond donors (Lipinski definition) is 2. The van der Waals surface area contributed by atoms with E-state index >= 15 is 0 Å². The van der Waals surface area contributed by atoms with Crippen molar-refractivity contribution in [1.29, 1.82) is 0 Å². The van der Waals surface area contributed by atoms with Crippen molar-refractivity contribution in [3.63, 3.8) is 0 Å². The lowest BCUT2D eigenvalue weighted by Crippen LogP contribution is -2.19. The number of carbonyl (C=O) groups is 2. The van der Waals surface area contributed by atoms with Crippen LogP contribution < -0.4 is 10.7 Å². The Bertz CT molecular complexity index is 527. The number of benzene rings is 1. The van der Waals surface area contributed by atoms with Crippen LogP contribution in [0.3, 0.4) is 0 Å². The molecule has 0 saturated heterocycles. The number of halogens is 1. The van der Waals surface area contributed by atoms with Crippen LogP contribution in [0.1, 0.15) is 25.8 Å². The van der Waals surface area contributed by atoms with E-state index in [4.69, 9.17) is 11.6 Å². The van der Waals surface area contributed by atoms with Crippen LogP contribution in [0.4, 0.5) is 5.69 Å². The molecule has 1 aromatic carbocycles. The van der Waals surface area contributed by atoms with Crippen LogP contribution in [0, 0.1) is 6.92 Å². The van der Waals surface area contributed by atoms with E-state index in [1.807, 2.05) is 6.92 Å². The van der Waals surface area contributed by atoms with Gasteiger partial charge in [-0.1, -0.05) is 11.6 Å². The van der Waals surface area contributed by atoms with Crippen molar-refractivity contribution in [2.24, 2.45) is 5.10 Å². The third kappa shape index (κ3) is 5.52. The van der Waals surface area contributed by atoms with Gasteiger partial charge in [-0.05, 0) is 37.6 Å². The average molecular weight is 282 g/mol. The summed E-state index contributed by atoms with van der Waals surface area (Å²) >= 11 is 5.84. The van der Waals surface area contributed by atoms with Crippen molar-refractivity contribution in [1.82, 2.24) is 5.43 Å². The van der Waals surface area contributed by atoms with Gasteiger partial charge in [-0.2, -0.15) is 5.10 Å². The monoisotopic (exact) mass is 281 g/mol. The lowest BCUT2D eigenvalue weighted by molar-refractivity contribution is -0.119. The Morgan fingerprint density at radius 3 is 2.58 bits per heavy atom. The van der Waals surface area contributed by atoms with Gasteiger partial charge in [0.1, 0.15) is 0 Å². The van der Waals surface area contributed by atoms with Crippen LogP contribution >= 0.6 is 11.6 Å². The van der Waals surface area contributed by atoms with E-state index in [9.17, 15) is 9.59 Å². The lowest BCUT2D eigenvalue weighted by atomic mass is 10.2. The van der Waals surface area contributed by atoms with Crippen LogP contribution in [-0.4, -0.2) is 17.5 Å². The molecule has 2 amide bonds. The van der Waals surface area contributed by atoms with E-state index in [-0.39, 0.29) is 18.2 Å². The first-order chi connectivity index (χ1) is 8.88. The van der Waals surface area contributed by atoms with Gasteiger partial charge < -0.3 is 5.32 Å². The summed E-state index contributed by atoms with van der Waals surface area (Å²) in [6.07, 6.45) is 0.113. The fourth-order valence-corrected chi connectivity index (χ4v) is 1.63. The Balaban J connectivity index is 2.60. The molecule has 0 aliphatic rings. The van der Waals surface area contributed by atoms with Gasteiger partial charge in [0.25, 0.3) is 0 Å². The molecular weight excluding hydrogens is 266 g/mol. The smallest absolute Gasteiger partial charge is 0.236 e. The summed E-state index contributed by atoms with van der Waals surface area (Å²) in [6.45, 7) is 4.89. The largest absolute Gasteiger partial charge is 0.326 e. The highest BCUT2D eigenvalue weighted by Gasteiger charge is 2.07. The Morgan fingerprint density at radius 2 is 2.00 bits per heavy atom. The summed E-state index contributed by atoms with van der Waals surface area (Å²) in [5.74, 6) is -0.467. The van der Waals surface area contributed by atoms with Crippen LogP contribution in [0.5, 0.6) is 0 Å². The summed E-state index contributed by atoms with van der Waals surface area (Å²) in [4.78, 5) is 22.4. The second-order valence-electron chi connectivity index (χ2n) is 4.20. The number of aryl methyl sites for hydroxylation is 1. The van der Waals surface area contributed by atoms with Gasteiger partial charge in [-0.15, -0.1) is 0 Å². The highest BCUT2D eigenvalue weighted by Crippen LogP contribution is 2.19. The summed E-state index contributed by atoms with van der Waals surface area (Å²) in [5.41, 5.74) is 4.41. The number of hydrogen-bond acceptors (Lipinski definition) is 3. The van der Waals surface area contributed by atoms with Gasteiger partial charge in [-0.25, -0.2) is 5.43 Å². The minimum Gasteiger partial charge on any atom is -0.326 e. The molecule has 2 N–H and O–H groups in total.